The Labute approximate surface area is 115 Å². The second kappa shape index (κ2) is 7.95. The Kier molecular flexibility index (Phi) is 7.39. The number of hydrogen-bond donors (Lipinski definition) is 1. The Morgan fingerprint density at radius 2 is 2.11 bits per heavy atom. The first-order valence-electron chi connectivity index (χ1n) is 5.65. The van der Waals surface area contributed by atoms with Gasteiger partial charge in [0.15, 0.2) is 0 Å². The van der Waals surface area contributed by atoms with Gasteiger partial charge in [-0.25, -0.2) is 0 Å². The number of methoxy groups -OCH3 is 1. The van der Waals surface area contributed by atoms with Crippen molar-refractivity contribution < 1.29 is 9.53 Å². The highest BCUT2D eigenvalue weighted by Gasteiger charge is 2.12. The minimum absolute atomic E-state index is 0. The molecular formula is C13H21ClN2O2. The highest BCUT2D eigenvalue weighted by atomic mass is 35.5. The van der Waals surface area contributed by atoms with Crippen LogP contribution in [0.25, 0.3) is 0 Å². The van der Waals surface area contributed by atoms with Crippen molar-refractivity contribution in [2.24, 2.45) is 0 Å². The molecule has 1 rings (SSSR count). The van der Waals surface area contributed by atoms with E-state index in [-0.39, 0.29) is 18.3 Å². The fourth-order valence-electron chi connectivity index (χ4n) is 1.55. The van der Waals surface area contributed by atoms with Gasteiger partial charge in [-0.1, -0.05) is 6.07 Å². The van der Waals surface area contributed by atoms with Gasteiger partial charge in [-0.3, -0.25) is 4.79 Å². The maximum Gasteiger partial charge on any atom is 0.253 e. The van der Waals surface area contributed by atoms with Crippen LogP contribution in [0.4, 0.5) is 0 Å². The normalized spacial score (nSPS) is 9.56. The van der Waals surface area contributed by atoms with Crippen LogP contribution in [0.1, 0.15) is 15.9 Å². The molecule has 5 heteroatoms. The van der Waals surface area contributed by atoms with Crippen molar-refractivity contribution in [2.75, 3.05) is 34.3 Å². The molecule has 0 bridgehead atoms. The van der Waals surface area contributed by atoms with E-state index in [0.717, 1.165) is 17.9 Å². The van der Waals surface area contributed by atoms with Crippen molar-refractivity contribution >= 4 is 18.3 Å². The highest BCUT2D eigenvalue weighted by molar-refractivity contribution is 5.94. The summed E-state index contributed by atoms with van der Waals surface area (Å²) in [5, 5.41) is 3.02. The summed E-state index contributed by atoms with van der Waals surface area (Å²) in [4.78, 5) is 13.8. The van der Waals surface area contributed by atoms with E-state index in [1.807, 2.05) is 26.1 Å². The van der Waals surface area contributed by atoms with E-state index in [1.54, 1.807) is 25.1 Å². The second-order valence-electron chi connectivity index (χ2n) is 4.01. The van der Waals surface area contributed by atoms with Crippen molar-refractivity contribution in [2.45, 2.75) is 6.92 Å². The van der Waals surface area contributed by atoms with Crippen LogP contribution in [0.3, 0.4) is 0 Å². The molecule has 1 aromatic carbocycles. The molecule has 102 valence electrons. The molecule has 4 nitrogen and oxygen atoms in total. The number of hydrogen-bond acceptors (Lipinski definition) is 3. The smallest absolute Gasteiger partial charge is 0.253 e. The molecule has 1 amide bonds. The molecule has 0 aromatic heterocycles. The lowest BCUT2D eigenvalue weighted by atomic mass is 10.1. The standard InChI is InChI=1S/C13H20N2O2.ClH/c1-10-5-6-11(9-12(10)17-4)13(16)15(3)8-7-14-2;/h5-6,9,14H,7-8H2,1-4H3;1H. The average Bonchev–Trinajstić information content (AvgIpc) is 2.35. The van der Waals surface area contributed by atoms with E-state index in [4.69, 9.17) is 4.74 Å². The summed E-state index contributed by atoms with van der Waals surface area (Å²) in [6.07, 6.45) is 0. The predicted octanol–water partition coefficient (Wildman–Crippen LogP) is 1.72. The van der Waals surface area contributed by atoms with E-state index >= 15 is 0 Å². The lowest BCUT2D eigenvalue weighted by Gasteiger charge is -2.17. The maximum atomic E-state index is 12.1. The summed E-state index contributed by atoms with van der Waals surface area (Å²) >= 11 is 0. The minimum Gasteiger partial charge on any atom is -0.496 e. The van der Waals surface area contributed by atoms with Gasteiger partial charge in [0.25, 0.3) is 5.91 Å². The molecule has 0 spiro atoms. The van der Waals surface area contributed by atoms with Crippen LogP contribution in [0, 0.1) is 6.92 Å². The Morgan fingerprint density at radius 3 is 2.67 bits per heavy atom. The third-order valence-electron chi connectivity index (χ3n) is 2.70. The number of aryl methyl sites for hydroxylation is 1. The quantitative estimate of drug-likeness (QED) is 0.887. The topological polar surface area (TPSA) is 41.6 Å². The van der Waals surface area contributed by atoms with E-state index in [9.17, 15) is 4.79 Å². The minimum atomic E-state index is 0. The van der Waals surface area contributed by atoms with Crippen LogP contribution in [0.2, 0.25) is 0 Å². The van der Waals surface area contributed by atoms with Gasteiger partial charge in [0, 0.05) is 25.7 Å². The third kappa shape index (κ3) is 4.20. The molecular weight excluding hydrogens is 252 g/mol. The third-order valence-corrected chi connectivity index (χ3v) is 2.70. The number of carbonyl (C=O) groups excluding carboxylic acids is 1. The van der Waals surface area contributed by atoms with Crippen LogP contribution < -0.4 is 10.1 Å². The molecule has 0 unspecified atom stereocenters. The van der Waals surface area contributed by atoms with Crippen molar-refractivity contribution in [3.63, 3.8) is 0 Å². The Hall–Kier alpha value is -1.26. The Balaban J connectivity index is 0.00000289. The van der Waals surface area contributed by atoms with Crippen molar-refractivity contribution in [3.8, 4) is 5.75 Å². The van der Waals surface area contributed by atoms with E-state index in [2.05, 4.69) is 5.32 Å². The number of ether oxygens (including phenoxy) is 1. The molecule has 0 fully saturated rings. The van der Waals surface area contributed by atoms with Gasteiger partial charge >= 0.3 is 0 Å². The zero-order valence-electron chi connectivity index (χ0n) is 11.3. The molecule has 18 heavy (non-hydrogen) atoms. The number of nitrogens with one attached hydrogen (secondary N) is 1. The predicted molar refractivity (Wildman–Crippen MR) is 75.9 cm³/mol. The Morgan fingerprint density at radius 1 is 1.44 bits per heavy atom. The van der Waals surface area contributed by atoms with E-state index in [1.165, 1.54) is 0 Å². The first kappa shape index (κ1) is 16.7. The molecule has 0 saturated carbocycles. The highest BCUT2D eigenvalue weighted by Crippen LogP contribution is 2.19. The lowest BCUT2D eigenvalue weighted by Crippen LogP contribution is -2.32. The summed E-state index contributed by atoms with van der Waals surface area (Å²) in [6.45, 7) is 3.43. The van der Waals surface area contributed by atoms with Gasteiger partial charge in [0.2, 0.25) is 0 Å². The lowest BCUT2D eigenvalue weighted by molar-refractivity contribution is 0.0796. The molecule has 1 aromatic rings. The van der Waals surface area contributed by atoms with Gasteiger partial charge < -0.3 is 15.0 Å². The van der Waals surface area contributed by atoms with Crippen molar-refractivity contribution in [1.29, 1.82) is 0 Å². The van der Waals surface area contributed by atoms with Crippen LogP contribution in [0.5, 0.6) is 5.75 Å². The molecule has 0 aliphatic heterocycles. The van der Waals surface area contributed by atoms with Gasteiger partial charge in [-0.15, -0.1) is 12.4 Å². The molecule has 0 radical (unpaired) electrons. The van der Waals surface area contributed by atoms with E-state index < -0.39 is 0 Å². The zero-order chi connectivity index (χ0) is 12.8. The van der Waals surface area contributed by atoms with Gasteiger partial charge in [-0.2, -0.15) is 0 Å². The first-order chi connectivity index (χ1) is 8.10. The van der Waals surface area contributed by atoms with Crippen LogP contribution in [-0.4, -0.2) is 45.1 Å². The van der Waals surface area contributed by atoms with Crippen LogP contribution in [-0.2, 0) is 0 Å². The second-order valence-corrected chi connectivity index (χ2v) is 4.01. The number of halogens is 1. The molecule has 0 atom stereocenters. The van der Waals surface area contributed by atoms with Crippen LogP contribution in [0.15, 0.2) is 18.2 Å². The first-order valence-corrected chi connectivity index (χ1v) is 5.65. The molecule has 0 aliphatic carbocycles. The number of rotatable bonds is 5. The molecule has 0 heterocycles. The SMILES string of the molecule is CNCCN(C)C(=O)c1ccc(C)c(OC)c1.Cl. The number of carbonyl (C=O) groups is 1. The fraction of sp³-hybridized carbons (Fsp3) is 0.462. The Bertz CT molecular complexity index is 397. The number of benzene rings is 1. The zero-order valence-corrected chi connectivity index (χ0v) is 12.1. The summed E-state index contributed by atoms with van der Waals surface area (Å²) in [5.74, 6) is 0.761. The maximum absolute atomic E-state index is 12.1. The number of amides is 1. The van der Waals surface area contributed by atoms with E-state index in [0.29, 0.717) is 12.1 Å². The van der Waals surface area contributed by atoms with Gasteiger partial charge in [-0.05, 0) is 31.7 Å². The number of nitrogens with zero attached hydrogens (tertiary/aromatic N) is 1. The van der Waals surface area contributed by atoms with Crippen LogP contribution >= 0.6 is 12.4 Å². The molecule has 1 N–H and O–H groups in total. The summed E-state index contributed by atoms with van der Waals surface area (Å²) < 4.78 is 5.21. The largest absolute Gasteiger partial charge is 0.496 e. The fourth-order valence-corrected chi connectivity index (χ4v) is 1.55. The van der Waals surface area contributed by atoms with Gasteiger partial charge in [0.05, 0.1) is 7.11 Å². The van der Waals surface area contributed by atoms with Crippen molar-refractivity contribution in [3.05, 3.63) is 29.3 Å². The average molecular weight is 273 g/mol. The van der Waals surface area contributed by atoms with Crippen molar-refractivity contribution in [1.82, 2.24) is 10.2 Å². The summed E-state index contributed by atoms with van der Waals surface area (Å²) in [5.41, 5.74) is 1.69. The van der Waals surface area contributed by atoms with Gasteiger partial charge in [0.1, 0.15) is 5.75 Å². The molecule has 0 saturated heterocycles. The molecule has 0 aliphatic rings. The summed E-state index contributed by atoms with van der Waals surface area (Å²) in [6, 6.07) is 5.52. The monoisotopic (exact) mass is 272 g/mol. The summed E-state index contributed by atoms with van der Waals surface area (Å²) in [7, 11) is 5.28. The number of likely N-dealkylation sites (N-methyl/N-ethyl adjacent to an activating group) is 2.